The van der Waals surface area contributed by atoms with Crippen LogP contribution in [0.4, 0.5) is 20.5 Å². The topological polar surface area (TPSA) is 99.2 Å². The summed E-state index contributed by atoms with van der Waals surface area (Å²) >= 11 is 1.28. The third-order valence-corrected chi connectivity index (χ3v) is 5.77. The van der Waals surface area contributed by atoms with Gasteiger partial charge in [-0.2, -0.15) is 5.10 Å². The molecule has 3 heterocycles. The number of likely N-dealkylation sites (N-methyl/N-ethyl adjacent to an activating group) is 1. The Bertz CT molecular complexity index is 1010. The average Bonchev–Trinajstić information content (AvgIpc) is 3.40. The molecule has 2 atom stereocenters. The van der Waals surface area contributed by atoms with Gasteiger partial charge < -0.3 is 10.2 Å². The van der Waals surface area contributed by atoms with E-state index in [0.29, 0.717) is 15.8 Å². The fraction of sp³-hybridized carbons (Fsp3) is 0.350. The SMILES string of the molecule is CN(C)[C@@H](C(=O)Nc1nnc(N[C@@H]2CCN(c3cccnn3)C2)s1)c1ccc(F)cc1. The molecule has 9 nitrogen and oxygen atoms in total. The quantitative estimate of drug-likeness (QED) is 0.576. The minimum atomic E-state index is -0.573. The number of amides is 1. The second kappa shape index (κ2) is 9.31. The van der Waals surface area contributed by atoms with Crippen LogP contribution in [0.3, 0.4) is 0 Å². The van der Waals surface area contributed by atoms with Gasteiger partial charge in [-0.25, -0.2) is 4.39 Å². The minimum absolute atomic E-state index is 0.201. The van der Waals surface area contributed by atoms with Crippen LogP contribution in [0.5, 0.6) is 0 Å². The largest absolute Gasteiger partial charge is 0.355 e. The predicted molar refractivity (Wildman–Crippen MR) is 118 cm³/mol. The molecule has 1 aliphatic rings. The summed E-state index contributed by atoms with van der Waals surface area (Å²) in [5, 5.41) is 23.6. The van der Waals surface area contributed by atoms with Crippen LogP contribution in [-0.2, 0) is 4.79 Å². The summed E-state index contributed by atoms with van der Waals surface area (Å²) in [6, 6.07) is 9.34. The van der Waals surface area contributed by atoms with Crippen molar-refractivity contribution in [1.82, 2.24) is 25.3 Å². The molecule has 162 valence electrons. The number of halogens is 1. The molecule has 1 aliphatic heterocycles. The first-order valence-corrected chi connectivity index (χ1v) is 10.7. The van der Waals surface area contributed by atoms with Gasteiger partial charge in [-0.15, -0.1) is 15.3 Å². The zero-order valence-corrected chi connectivity index (χ0v) is 18.0. The molecule has 1 fully saturated rings. The Morgan fingerprint density at radius 1 is 1.19 bits per heavy atom. The van der Waals surface area contributed by atoms with Crippen molar-refractivity contribution in [3.8, 4) is 0 Å². The van der Waals surface area contributed by atoms with Crippen LogP contribution in [-0.4, -0.2) is 64.4 Å². The van der Waals surface area contributed by atoms with Gasteiger partial charge in [0.05, 0.1) is 0 Å². The van der Waals surface area contributed by atoms with Gasteiger partial charge in [0.2, 0.25) is 16.2 Å². The van der Waals surface area contributed by atoms with Crippen LogP contribution < -0.4 is 15.5 Å². The zero-order chi connectivity index (χ0) is 21.8. The van der Waals surface area contributed by atoms with Crippen molar-refractivity contribution in [2.45, 2.75) is 18.5 Å². The van der Waals surface area contributed by atoms with Gasteiger partial charge in [-0.3, -0.25) is 15.0 Å². The summed E-state index contributed by atoms with van der Waals surface area (Å²) in [5.74, 6) is 0.257. The summed E-state index contributed by atoms with van der Waals surface area (Å²) in [5.41, 5.74) is 0.696. The number of carbonyl (C=O) groups excluding carboxylic acids is 1. The molecule has 0 saturated carbocycles. The van der Waals surface area contributed by atoms with Crippen molar-refractivity contribution in [2.24, 2.45) is 0 Å². The number of aromatic nitrogens is 4. The van der Waals surface area contributed by atoms with E-state index < -0.39 is 6.04 Å². The Hall–Kier alpha value is -3.18. The first-order valence-electron chi connectivity index (χ1n) is 9.85. The Balaban J connectivity index is 1.36. The summed E-state index contributed by atoms with van der Waals surface area (Å²) in [6.07, 6.45) is 2.59. The molecule has 0 aliphatic carbocycles. The van der Waals surface area contributed by atoms with E-state index in [2.05, 4.69) is 35.9 Å². The molecule has 0 unspecified atom stereocenters. The molecule has 1 amide bonds. The van der Waals surface area contributed by atoms with E-state index in [-0.39, 0.29) is 17.8 Å². The highest BCUT2D eigenvalue weighted by atomic mass is 32.1. The number of nitrogens with zero attached hydrogens (tertiary/aromatic N) is 6. The number of hydrogen-bond acceptors (Lipinski definition) is 9. The second-order valence-corrected chi connectivity index (χ2v) is 8.45. The third-order valence-electron chi connectivity index (χ3n) is 5.00. The normalized spacial score (nSPS) is 17.0. The van der Waals surface area contributed by atoms with Crippen molar-refractivity contribution in [3.63, 3.8) is 0 Å². The molecule has 4 rings (SSSR count). The standard InChI is InChI=1S/C20H23FN8OS/c1-28(2)17(13-5-7-14(21)8-6-13)18(30)24-20-27-26-19(31-20)23-15-9-11-29(12-15)16-4-3-10-22-25-16/h3-8,10,15,17H,9,11-12H2,1-2H3,(H,23,26)(H,24,27,30)/t15-,17-/m1/s1. The molecule has 1 saturated heterocycles. The highest BCUT2D eigenvalue weighted by molar-refractivity contribution is 7.19. The molecular formula is C20H23FN8OS. The lowest BCUT2D eigenvalue weighted by Gasteiger charge is -2.23. The van der Waals surface area contributed by atoms with E-state index in [1.54, 1.807) is 37.3 Å². The van der Waals surface area contributed by atoms with Gasteiger partial charge in [-0.05, 0) is 50.3 Å². The molecular weight excluding hydrogens is 419 g/mol. The van der Waals surface area contributed by atoms with Crippen LogP contribution in [0, 0.1) is 5.82 Å². The average molecular weight is 443 g/mol. The first-order chi connectivity index (χ1) is 15.0. The van der Waals surface area contributed by atoms with E-state index in [1.165, 1.54) is 23.5 Å². The maximum absolute atomic E-state index is 13.2. The molecule has 0 spiro atoms. The Morgan fingerprint density at radius 2 is 1.97 bits per heavy atom. The fourth-order valence-electron chi connectivity index (χ4n) is 3.56. The van der Waals surface area contributed by atoms with Crippen LogP contribution in [0.2, 0.25) is 0 Å². The van der Waals surface area contributed by atoms with Crippen LogP contribution >= 0.6 is 11.3 Å². The third kappa shape index (κ3) is 5.12. The van der Waals surface area contributed by atoms with E-state index in [1.807, 2.05) is 12.1 Å². The van der Waals surface area contributed by atoms with E-state index in [0.717, 1.165) is 25.3 Å². The molecule has 0 radical (unpaired) electrons. The van der Waals surface area contributed by atoms with Gasteiger partial charge in [0.15, 0.2) is 5.82 Å². The van der Waals surface area contributed by atoms with Gasteiger partial charge >= 0.3 is 0 Å². The number of benzene rings is 1. The van der Waals surface area contributed by atoms with E-state index in [9.17, 15) is 9.18 Å². The molecule has 11 heteroatoms. The fourth-order valence-corrected chi connectivity index (χ4v) is 4.28. The summed E-state index contributed by atoms with van der Waals surface area (Å²) in [7, 11) is 3.59. The molecule has 31 heavy (non-hydrogen) atoms. The highest BCUT2D eigenvalue weighted by Crippen LogP contribution is 2.26. The lowest BCUT2D eigenvalue weighted by Crippen LogP contribution is -2.32. The number of rotatable bonds is 7. The molecule has 2 aromatic heterocycles. The monoisotopic (exact) mass is 442 g/mol. The zero-order valence-electron chi connectivity index (χ0n) is 17.2. The highest BCUT2D eigenvalue weighted by Gasteiger charge is 2.26. The lowest BCUT2D eigenvalue weighted by molar-refractivity contribution is -0.120. The van der Waals surface area contributed by atoms with Gasteiger partial charge in [0.25, 0.3) is 0 Å². The van der Waals surface area contributed by atoms with E-state index in [4.69, 9.17) is 0 Å². The van der Waals surface area contributed by atoms with Crippen molar-refractivity contribution >= 4 is 33.3 Å². The predicted octanol–water partition coefficient (Wildman–Crippen LogP) is 2.40. The summed E-state index contributed by atoms with van der Waals surface area (Å²) in [4.78, 5) is 16.8. The maximum Gasteiger partial charge on any atom is 0.248 e. The van der Waals surface area contributed by atoms with Crippen molar-refractivity contribution in [2.75, 3.05) is 42.7 Å². The van der Waals surface area contributed by atoms with Crippen molar-refractivity contribution in [1.29, 1.82) is 0 Å². The maximum atomic E-state index is 13.2. The number of carbonyl (C=O) groups is 1. The van der Waals surface area contributed by atoms with E-state index >= 15 is 0 Å². The molecule has 0 bridgehead atoms. The lowest BCUT2D eigenvalue weighted by atomic mass is 10.1. The summed E-state index contributed by atoms with van der Waals surface area (Å²) in [6.45, 7) is 1.66. The minimum Gasteiger partial charge on any atom is -0.355 e. The Kier molecular flexibility index (Phi) is 6.33. The smallest absolute Gasteiger partial charge is 0.248 e. The van der Waals surface area contributed by atoms with Crippen molar-refractivity contribution < 1.29 is 9.18 Å². The first kappa shape index (κ1) is 21.1. The van der Waals surface area contributed by atoms with Gasteiger partial charge in [0.1, 0.15) is 11.9 Å². The number of nitrogens with one attached hydrogen (secondary N) is 2. The van der Waals surface area contributed by atoms with Gasteiger partial charge in [0, 0.05) is 25.3 Å². The summed E-state index contributed by atoms with van der Waals surface area (Å²) < 4.78 is 13.2. The molecule has 3 aromatic rings. The second-order valence-electron chi connectivity index (χ2n) is 7.48. The number of hydrogen-bond donors (Lipinski definition) is 2. The van der Waals surface area contributed by atoms with Crippen LogP contribution in [0.25, 0.3) is 0 Å². The Morgan fingerprint density at radius 3 is 2.68 bits per heavy atom. The van der Waals surface area contributed by atoms with Gasteiger partial charge in [-0.1, -0.05) is 23.5 Å². The van der Waals surface area contributed by atoms with Crippen LogP contribution in [0.15, 0.2) is 42.6 Å². The van der Waals surface area contributed by atoms with Crippen molar-refractivity contribution in [3.05, 3.63) is 54.0 Å². The number of anilines is 3. The molecule has 1 aromatic carbocycles. The Labute approximate surface area is 183 Å². The molecule has 2 N–H and O–H groups in total. The van der Waals surface area contributed by atoms with Crippen LogP contribution in [0.1, 0.15) is 18.0 Å².